The van der Waals surface area contributed by atoms with E-state index in [0.29, 0.717) is 18.0 Å². The highest BCUT2D eigenvalue weighted by Crippen LogP contribution is 2.35. The number of nitrogen functional groups attached to an aromatic ring is 1. The van der Waals surface area contributed by atoms with E-state index >= 15 is 0 Å². The molecule has 21 heavy (non-hydrogen) atoms. The lowest BCUT2D eigenvalue weighted by molar-refractivity contribution is -0.0203. The number of hydrogen-bond donors (Lipinski definition) is 1. The van der Waals surface area contributed by atoms with Crippen molar-refractivity contribution in [2.45, 2.75) is 33.8 Å². The van der Waals surface area contributed by atoms with Crippen molar-refractivity contribution in [2.24, 2.45) is 5.41 Å². The van der Waals surface area contributed by atoms with Crippen molar-refractivity contribution < 1.29 is 13.7 Å². The van der Waals surface area contributed by atoms with Crippen LogP contribution in [0.1, 0.15) is 39.6 Å². The topological polar surface area (TPSA) is 74.2 Å². The Hall–Kier alpha value is -1.95. The molecular formula is C15H20FN3O2. The number of rotatable bonds is 4. The zero-order valence-corrected chi connectivity index (χ0v) is 12.7. The number of nitrogens with zero attached hydrogens (tertiary/aromatic N) is 2. The second-order valence-corrected chi connectivity index (χ2v) is 5.89. The second kappa shape index (κ2) is 5.81. The van der Waals surface area contributed by atoms with E-state index in [1.54, 1.807) is 0 Å². The van der Waals surface area contributed by atoms with Crippen molar-refractivity contribution in [3.8, 4) is 11.5 Å². The van der Waals surface area contributed by atoms with Gasteiger partial charge in [-0.05, 0) is 30.5 Å². The Morgan fingerprint density at radius 3 is 2.67 bits per heavy atom. The third-order valence-corrected chi connectivity index (χ3v) is 3.04. The molecular weight excluding hydrogens is 273 g/mol. The molecule has 1 aromatic heterocycles. The lowest BCUT2D eigenvalue weighted by atomic mass is 9.88. The Bertz CT molecular complexity index is 620. The van der Waals surface area contributed by atoms with Gasteiger partial charge in [-0.3, -0.25) is 0 Å². The van der Waals surface area contributed by atoms with E-state index in [1.165, 1.54) is 18.2 Å². The summed E-state index contributed by atoms with van der Waals surface area (Å²) in [6, 6.07) is 4.05. The standard InChI is InChI=1S/C15H20FN3O2/c1-5-20-12(15(2,3)4)13-18-14(21-19-13)10-7-6-9(16)8-11(10)17/h6-8,12H,5,17H2,1-4H3. The van der Waals surface area contributed by atoms with Crippen molar-refractivity contribution in [1.29, 1.82) is 0 Å². The minimum absolute atomic E-state index is 0.175. The first kappa shape index (κ1) is 15.4. The van der Waals surface area contributed by atoms with Crippen LogP contribution in [0.25, 0.3) is 11.5 Å². The minimum atomic E-state index is -0.405. The van der Waals surface area contributed by atoms with Gasteiger partial charge in [0.15, 0.2) is 0 Å². The SMILES string of the molecule is CCOC(c1noc(-c2ccc(F)cc2N)n1)C(C)(C)C. The Morgan fingerprint density at radius 1 is 1.38 bits per heavy atom. The van der Waals surface area contributed by atoms with E-state index < -0.39 is 5.82 Å². The summed E-state index contributed by atoms with van der Waals surface area (Å²) in [5, 5.41) is 3.98. The third kappa shape index (κ3) is 3.39. The summed E-state index contributed by atoms with van der Waals surface area (Å²) in [4.78, 5) is 4.35. The molecule has 0 aliphatic rings. The van der Waals surface area contributed by atoms with Gasteiger partial charge >= 0.3 is 0 Å². The molecule has 0 saturated heterocycles. The van der Waals surface area contributed by atoms with E-state index in [-0.39, 0.29) is 23.1 Å². The second-order valence-electron chi connectivity index (χ2n) is 5.89. The largest absolute Gasteiger partial charge is 0.398 e. The molecule has 0 saturated carbocycles. The average Bonchev–Trinajstić information content (AvgIpc) is 2.83. The molecule has 1 unspecified atom stereocenters. The fourth-order valence-electron chi connectivity index (χ4n) is 2.06. The highest BCUT2D eigenvalue weighted by molar-refractivity contribution is 5.70. The first-order chi connectivity index (χ1) is 9.82. The zero-order chi connectivity index (χ0) is 15.6. The molecule has 0 amide bonds. The summed E-state index contributed by atoms with van der Waals surface area (Å²) in [7, 11) is 0. The zero-order valence-electron chi connectivity index (χ0n) is 12.7. The van der Waals surface area contributed by atoms with Crippen LogP contribution in [0, 0.1) is 11.2 Å². The predicted molar refractivity (Wildman–Crippen MR) is 77.9 cm³/mol. The summed E-state index contributed by atoms with van der Waals surface area (Å²) in [5.74, 6) is 0.317. The summed E-state index contributed by atoms with van der Waals surface area (Å²) < 4.78 is 24.1. The van der Waals surface area contributed by atoms with Crippen LogP contribution in [0.2, 0.25) is 0 Å². The van der Waals surface area contributed by atoms with Gasteiger partial charge in [0.05, 0.1) is 5.56 Å². The van der Waals surface area contributed by atoms with Gasteiger partial charge in [0.2, 0.25) is 5.82 Å². The molecule has 1 atom stereocenters. The van der Waals surface area contributed by atoms with Gasteiger partial charge in [-0.2, -0.15) is 4.98 Å². The number of halogens is 1. The van der Waals surface area contributed by atoms with Crippen LogP contribution in [0.3, 0.4) is 0 Å². The maximum atomic E-state index is 13.1. The summed E-state index contributed by atoms with van der Waals surface area (Å²) >= 11 is 0. The molecule has 1 aromatic carbocycles. The normalized spacial score (nSPS) is 13.4. The van der Waals surface area contributed by atoms with Crippen LogP contribution >= 0.6 is 0 Å². The average molecular weight is 293 g/mol. The number of ether oxygens (including phenoxy) is 1. The van der Waals surface area contributed by atoms with Crippen molar-refractivity contribution in [3.63, 3.8) is 0 Å². The summed E-state index contributed by atoms with van der Waals surface area (Å²) in [6.07, 6.45) is -0.290. The predicted octanol–water partition coefficient (Wildman–Crippen LogP) is 3.58. The van der Waals surface area contributed by atoms with E-state index in [2.05, 4.69) is 10.1 Å². The van der Waals surface area contributed by atoms with Crippen molar-refractivity contribution in [2.75, 3.05) is 12.3 Å². The molecule has 0 radical (unpaired) electrons. The summed E-state index contributed by atoms with van der Waals surface area (Å²) in [6.45, 7) is 8.57. The summed E-state index contributed by atoms with van der Waals surface area (Å²) in [5.41, 5.74) is 6.38. The van der Waals surface area contributed by atoms with Gasteiger partial charge < -0.3 is 15.0 Å². The smallest absolute Gasteiger partial charge is 0.260 e. The van der Waals surface area contributed by atoms with Crippen LogP contribution in [-0.2, 0) is 4.74 Å². The molecule has 2 aromatic rings. The Morgan fingerprint density at radius 2 is 2.10 bits per heavy atom. The van der Waals surface area contributed by atoms with Crippen molar-refractivity contribution >= 4 is 5.69 Å². The maximum absolute atomic E-state index is 13.1. The van der Waals surface area contributed by atoms with Crippen LogP contribution in [0.15, 0.2) is 22.7 Å². The molecule has 2 N–H and O–H groups in total. The Kier molecular flexibility index (Phi) is 4.27. The number of hydrogen-bond acceptors (Lipinski definition) is 5. The monoisotopic (exact) mass is 293 g/mol. The van der Waals surface area contributed by atoms with E-state index in [1.807, 2.05) is 27.7 Å². The van der Waals surface area contributed by atoms with E-state index in [9.17, 15) is 4.39 Å². The van der Waals surface area contributed by atoms with Crippen molar-refractivity contribution in [1.82, 2.24) is 10.1 Å². The van der Waals surface area contributed by atoms with Crippen LogP contribution < -0.4 is 5.73 Å². The maximum Gasteiger partial charge on any atom is 0.260 e. The molecule has 0 spiro atoms. The van der Waals surface area contributed by atoms with Gasteiger partial charge in [-0.25, -0.2) is 4.39 Å². The van der Waals surface area contributed by atoms with Gasteiger partial charge in [-0.15, -0.1) is 0 Å². The molecule has 0 aliphatic carbocycles. The first-order valence-electron chi connectivity index (χ1n) is 6.83. The third-order valence-electron chi connectivity index (χ3n) is 3.04. The van der Waals surface area contributed by atoms with E-state index in [0.717, 1.165) is 0 Å². The van der Waals surface area contributed by atoms with Gasteiger partial charge in [0.25, 0.3) is 5.89 Å². The Labute approximate surface area is 123 Å². The lowest BCUT2D eigenvalue weighted by Crippen LogP contribution is -2.22. The number of aromatic nitrogens is 2. The quantitative estimate of drug-likeness (QED) is 0.872. The van der Waals surface area contributed by atoms with Gasteiger partial charge in [0.1, 0.15) is 11.9 Å². The number of benzene rings is 1. The van der Waals surface area contributed by atoms with Gasteiger partial charge in [0, 0.05) is 12.3 Å². The van der Waals surface area contributed by atoms with Gasteiger partial charge in [-0.1, -0.05) is 25.9 Å². The first-order valence-corrected chi connectivity index (χ1v) is 6.83. The van der Waals surface area contributed by atoms with Crippen LogP contribution in [0.5, 0.6) is 0 Å². The molecule has 0 bridgehead atoms. The molecule has 6 heteroatoms. The van der Waals surface area contributed by atoms with E-state index in [4.69, 9.17) is 15.0 Å². The fraction of sp³-hybridized carbons (Fsp3) is 0.467. The lowest BCUT2D eigenvalue weighted by Gasteiger charge is -2.27. The highest BCUT2D eigenvalue weighted by Gasteiger charge is 2.31. The number of nitrogens with two attached hydrogens (primary N) is 1. The van der Waals surface area contributed by atoms with Crippen LogP contribution in [-0.4, -0.2) is 16.7 Å². The molecule has 2 rings (SSSR count). The highest BCUT2D eigenvalue weighted by atomic mass is 19.1. The fourth-order valence-corrected chi connectivity index (χ4v) is 2.06. The molecule has 0 aliphatic heterocycles. The molecule has 1 heterocycles. The molecule has 5 nitrogen and oxygen atoms in total. The molecule has 114 valence electrons. The van der Waals surface area contributed by atoms with Crippen LogP contribution in [0.4, 0.5) is 10.1 Å². The Balaban J connectivity index is 2.36. The van der Waals surface area contributed by atoms with Crippen molar-refractivity contribution in [3.05, 3.63) is 29.8 Å². The number of anilines is 1. The minimum Gasteiger partial charge on any atom is -0.398 e. The molecule has 0 fully saturated rings.